The second kappa shape index (κ2) is 15.1. The van der Waals surface area contributed by atoms with Crippen LogP contribution in [0.4, 0.5) is 11.4 Å². The number of fused-ring (bicyclic) bond motifs is 2. The topological polar surface area (TPSA) is 197 Å². The molecule has 0 radical (unpaired) electrons. The van der Waals surface area contributed by atoms with Gasteiger partial charge in [-0.2, -0.15) is 4.33 Å². The maximum atomic E-state index is 13.0. The van der Waals surface area contributed by atoms with Crippen LogP contribution in [0.25, 0.3) is 21.5 Å². The van der Waals surface area contributed by atoms with E-state index in [1.807, 2.05) is 0 Å². The van der Waals surface area contributed by atoms with Crippen LogP contribution >= 0.6 is 12.0 Å². The number of aromatic hydroxyl groups is 2. The van der Waals surface area contributed by atoms with Crippen molar-refractivity contribution in [1.82, 2.24) is 0 Å². The van der Waals surface area contributed by atoms with E-state index in [1.165, 1.54) is 48.5 Å². The van der Waals surface area contributed by atoms with Gasteiger partial charge in [-0.1, -0.05) is 36.4 Å². The van der Waals surface area contributed by atoms with Crippen molar-refractivity contribution in [2.75, 3.05) is 10.6 Å². The van der Waals surface area contributed by atoms with Crippen molar-refractivity contribution in [3.63, 3.8) is 0 Å². The third-order valence-corrected chi connectivity index (χ3v) is 7.82. The molecule has 0 aliphatic heterocycles. The maximum absolute atomic E-state index is 13.0. The maximum Gasteiger partial charge on any atom is 1.00 e. The number of carbonyl (C=O) groups excluding carboxylic acids is 2. The molecule has 0 fully saturated rings. The molecule has 0 saturated heterocycles. The Morgan fingerprint density at radius 2 is 1.16 bits per heavy atom. The molecule has 0 bridgehead atoms. The standard InChI is InChI=1S/C28H20N2O10S2.2Na/c31-25-19-3-1-5-21(17(19)11-13-23(25)41-40-39-35)29-27(33)15-7-9-16(10-8-15)28(34)30-22-6-2-4-20-18(22)12-14-24(26(20)32)42(36,37)38;;/h1-14,31-32,35H,(H,29,33)(H,30,34)(H,36,37,38);;/q;2*+1/p-2. The number of amides is 2. The van der Waals surface area contributed by atoms with Crippen LogP contribution in [0.3, 0.4) is 0 Å². The second-order valence-corrected chi connectivity index (χ2v) is 10.9. The van der Waals surface area contributed by atoms with E-state index in [-0.39, 0.29) is 92.0 Å². The molecule has 5 rings (SSSR count). The number of hydrogen-bond donors (Lipinski definition) is 4. The first-order valence-corrected chi connectivity index (χ1v) is 14.0. The van der Waals surface area contributed by atoms with Crippen LogP contribution < -0.4 is 75.0 Å². The number of phenols is 2. The number of benzene rings is 5. The van der Waals surface area contributed by atoms with Crippen molar-refractivity contribution in [3.05, 3.63) is 96.1 Å². The van der Waals surface area contributed by atoms with Gasteiger partial charge in [-0.25, -0.2) is 8.42 Å². The summed E-state index contributed by atoms with van der Waals surface area (Å²) in [5.74, 6) is -1.90. The molecule has 0 aliphatic carbocycles. The Morgan fingerprint density at radius 3 is 1.64 bits per heavy atom. The van der Waals surface area contributed by atoms with E-state index < -0.39 is 32.6 Å². The van der Waals surface area contributed by atoms with Crippen molar-refractivity contribution in [3.8, 4) is 11.5 Å². The van der Waals surface area contributed by atoms with Gasteiger partial charge in [0.05, 0.1) is 21.8 Å². The molecule has 16 heteroatoms. The van der Waals surface area contributed by atoms with E-state index in [9.17, 15) is 38.0 Å². The summed E-state index contributed by atoms with van der Waals surface area (Å²) in [5.41, 5.74) is 1.11. The van der Waals surface area contributed by atoms with Gasteiger partial charge in [0.2, 0.25) is 0 Å². The summed E-state index contributed by atoms with van der Waals surface area (Å²) < 4.78 is 38.5. The van der Waals surface area contributed by atoms with E-state index in [2.05, 4.69) is 20.0 Å². The van der Waals surface area contributed by atoms with Gasteiger partial charge in [0.1, 0.15) is 21.6 Å². The Morgan fingerprint density at radius 1 is 0.682 bits per heavy atom. The summed E-state index contributed by atoms with van der Waals surface area (Å²) in [6.45, 7) is 0. The van der Waals surface area contributed by atoms with Gasteiger partial charge >= 0.3 is 59.1 Å². The minimum atomic E-state index is -4.90. The Bertz CT molecular complexity index is 1970. The van der Waals surface area contributed by atoms with Gasteiger partial charge < -0.3 is 30.7 Å². The van der Waals surface area contributed by atoms with Crippen molar-refractivity contribution in [2.24, 2.45) is 0 Å². The van der Waals surface area contributed by atoms with E-state index in [0.29, 0.717) is 33.9 Å². The number of carbonyl (C=O) groups is 2. The summed E-state index contributed by atoms with van der Waals surface area (Å²) in [6, 6.07) is 20.5. The number of nitrogens with one attached hydrogen (secondary N) is 2. The van der Waals surface area contributed by atoms with Crippen molar-refractivity contribution in [1.29, 1.82) is 0 Å². The van der Waals surface area contributed by atoms with Crippen LogP contribution in [0.5, 0.6) is 11.5 Å². The third-order valence-electron chi connectivity index (χ3n) is 6.32. The van der Waals surface area contributed by atoms with Crippen molar-refractivity contribution in [2.45, 2.75) is 9.79 Å². The van der Waals surface area contributed by atoms with Crippen LogP contribution in [0.2, 0.25) is 0 Å². The zero-order chi connectivity index (χ0) is 30.0. The number of rotatable bonds is 8. The first kappa shape index (κ1) is 35.8. The normalized spacial score (nSPS) is 11.0. The Balaban J connectivity index is 0.00000264. The van der Waals surface area contributed by atoms with Gasteiger partial charge in [-0.05, 0) is 48.5 Å². The first-order chi connectivity index (χ1) is 20.1. The molecule has 0 heterocycles. The Kier molecular flexibility index (Phi) is 12.2. The fourth-order valence-corrected chi connectivity index (χ4v) is 5.34. The van der Waals surface area contributed by atoms with Crippen LogP contribution in [-0.2, 0) is 19.5 Å². The average molecular weight is 653 g/mol. The zero-order valence-corrected chi connectivity index (χ0v) is 28.7. The zero-order valence-electron chi connectivity index (χ0n) is 23.1. The molecule has 214 valence electrons. The van der Waals surface area contributed by atoms with Crippen molar-refractivity contribution < 1.29 is 107 Å². The molecule has 5 aromatic carbocycles. The van der Waals surface area contributed by atoms with Crippen LogP contribution in [-0.4, -0.2) is 35.0 Å². The number of phenolic OH excluding ortho intramolecular Hbond substituents is 2. The summed E-state index contributed by atoms with van der Waals surface area (Å²) >= 11 is 0.536. The van der Waals surface area contributed by atoms with Gasteiger partial charge in [-0.3, -0.25) is 14.6 Å². The molecular formula is C28H18N2Na2O10S2. The fourth-order valence-electron chi connectivity index (χ4n) is 4.34. The van der Waals surface area contributed by atoms with Gasteiger partial charge in [0, 0.05) is 44.0 Å². The predicted octanol–water partition coefficient (Wildman–Crippen LogP) is -1.95. The van der Waals surface area contributed by atoms with Crippen LogP contribution in [0, 0.1) is 0 Å². The Labute approximate surface area is 298 Å². The number of anilines is 2. The van der Waals surface area contributed by atoms with Crippen LogP contribution in [0.15, 0.2) is 94.7 Å². The second-order valence-electron chi connectivity index (χ2n) is 8.79. The number of hydrogen-bond acceptors (Lipinski definition) is 11. The summed E-state index contributed by atoms with van der Waals surface area (Å²) in [4.78, 5) is 25.4. The minimum Gasteiger partial charge on any atom is -0.744 e. The molecule has 5 aromatic rings. The largest absolute Gasteiger partial charge is 1.00 e. The molecule has 44 heavy (non-hydrogen) atoms. The molecular weight excluding hydrogens is 634 g/mol. The molecule has 0 aliphatic rings. The van der Waals surface area contributed by atoms with E-state index in [4.69, 9.17) is 0 Å². The van der Waals surface area contributed by atoms with E-state index in [0.717, 1.165) is 6.07 Å². The summed E-state index contributed by atoms with van der Waals surface area (Å²) in [5, 5.41) is 40.9. The minimum absolute atomic E-state index is 0. The molecule has 4 N–H and O–H groups in total. The van der Waals surface area contributed by atoms with Crippen molar-refractivity contribution >= 4 is 66.9 Å². The van der Waals surface area contributed by atoms with Gasteiger partial charge in [0.25, 0.3) is 11.8 Å². The average Bonchev–Trinajstić information content (AvgIpc) is 2.97. The smallest absolute Gasteiger partial charge is 0.744 e. The quantitative estimate of drug-likeness (QED) is 0.0478. The van der Waals surface area contributed by atoms with E-state index in [1.54, 1.807) is 30.3 Å². The summed E-state index contributed by atoms with van der Waals surface area (Å²) in [6.07, 6.45) is 0. The van der Waals surface area contributed by atoms with Gasteiger partial charge in [-0.15, -0.1) is 0 Å². The van der Waals surface area contributed by atoms with Crippen LogP contribution in [0.1, 0.15) is 20.7 Å². The third kappa shape index (κ3) is 7.56. The Hall–Kier alpha value is -2.70. The molecule has 0 aromatic heterocycles. The molecule has 2 amide bonds. The monoisotopic (exact) mass is 652 g/mol. The molecule has 0 atom stereocenters. The molecule has 0 saturated carbocycles. The fraction of sp³-hybridized carbons (Fsp3) is 0. The molecule has 0 spiro atoms. The van der Waals surface area contributed by atoms with E-state index >= 15 is 0 Å². The summed E-state index contributed by atoms with van der Waals surface area (Å²) in [7, 11) is -4.90. The SMILES string of the molecule is O=C(Nc1cccc2c(O)c(SOO[O-])ccc12)c1ccc(C(=O)Nc2cccc3c(O)c(S(=O)(=O)[O-])ccc23)cc1.[Na+].[Na+]. The molecule has 12 nitrogen and oxygen atoms in total. The van der Waals surface area contributed by atoms with Gasteiger partial charge in [0.15, 0.2) is 0 Å². The first-order valence-electron chi connectivity index (χ1n) is 11.9. The molecule has 0 unspecified atom stereocenters. The predicted molar refractivity (Wildman–Crippen MR) is 150 cm³/mol.